The van der Waals surface area contributed by atoms with Gasteiger partial charge >= 0.3 is 5.97 Å². The largest absolute Gasteiger partial charge is 0.460 e. The number of fused-ring (bicyclic) bond motifs is 1. The van der Waals surface area contributed by atoms with Crippen LogP contribution in [0.3, 0.4) is 0 Å². The van der Waals surface area contributed by atoms with Crippen LogP contribution in [0.2, 0.25) is 0 Å². The lowest BCUT2D eigenvalue weighted by molar-refractivity contribution is -0.142. The van der Waals surface area contributed by atoms with E-state index < -0.39 is 18.5 Å². The summed E-state index contributed by atoms with van der Waals surface area (Å²) < 4.78 is 23.1. The van der Waals surface area contributed by atoms with E-state index in [9.17, 15) is 9.59 Å². The lowest BCUT2D eigenvalue weighted by atomic mass is 10.2. The highest BCUT2D eigenvalue weighted by Gasteiger charge is 2.16. The maximum absolute atomic E-state index is 12.3. The van der Waals surface area contributed by atoms with Crippen molar-refractivity contribution in [3.05, 3.63) is 84.3 Å². The Morgan fingerprint density at radius 2 is 1.91 bits per heavy atom. The van der Waals surface area contributed by atoms with Gasteiger partial charge in [0.1, 0.15) is 11.5 Å². The standard InChI is InChI=1S/C26H21N3O6/c1-17-7-10-22(35-17)26-18(14-29(28-26)20-5-3-2-4-6-20)8-12-25(31)32-15-24(30)27-19-9-11-21-23(13-19)34-16-33-21/h2-14H,15-16H2,1H3,(H,27,30). The molecule has 1 aliphatic heterocycles. The molecule has 1 N–H and O–H groups in total. The predicted molar refractivity (Wildman–Crippen MR) is 127 cm³/mol. The first-order valence-corrected chi connectivity index (χ1v) is 10.8. The molecule has 3 heterocycles. The second kappa shape index (κ2) is 9.60. The number of carbonyl (C=O) groups excluding carboxylic acids is 2. The highest BCUT2D eigenvalue weighted by Crippen LogP contribution is 2.34. The van der Waals surface area contributed by atoms with E-state index in [0.29, 0.717) is 34.2 Å². The van der Waals surface area contributed by atoms with E-state index in [2.05, 4.69) is 10.4 Å². The number of aryl methyl sites for hydroxylation is 1. The van der Waals surface area contributed by atoms with Crippen LogP contribution >= 0.6 is 0 Å². The van der Waals surface area contributed by atoms with E-state index in [0.717, 1.165) is 11.4 Å². The zero-order valence-corrected chi connectivity index (χ0v) is 18.8. The number of para-hydroxylation sites is 1. The summed E-state index contributed by atoms with van der Waals surface area (Å²) in [5.74, 6) is 1.33. The van der Waals surface area contributed by atoms with Crippen LogP contribution < -0.4 is 14.8 Å². The van der Waals surface area contributed by atoms with E-state index in [-0.39, 0.29) is 6.79 Å². The number of hydrogen-bond acceptors (Lipinski definition) is 7. The normalized spacial score (nSPS) is 12.1. The second-order valence-electron chi connectivity index (χ2n) is 7.68. The minimum absolute atomic E-state index is 0.141. The first kappa shape index (κ1) is 22.0. The number of hydrogen-bond donors (Lipinski definition) is 1. The van der Waals surface area contributed by atoms with Gasteiger partial charge in [-0.05, 0) is 49.4 Å². The van der Waals surface area contributed by atoms with Crippen LogP contribution in [0.5, 0.6) is 11.5 Å². The number of benzene rings is 2. The summed E-state index contributed by atoms with van der Waals surface area (Å²) in [5, 5.41) is 7.28. The number of nitrogens with zero attached hydrogens (tertiary/aromatic N) is 2. The minimum atomic E-state index is -0.667. The van der Waals surface area contributed by atoms with Crippen molar-refractivity contribution >= 4 is 23.6 Å². The van der Waals surface area contributed by atoms with Crippen LogP contribution in [-0.2, 0) is 14.3 Å². The number of carbonyl (C=O) groups is 2. The van der Waals surface area contributed by atoms with Gasteiger partial charge in [-0.3, -0.25) is 4.79 Å². The molecule has 0 aliphatic carbocycles. The molecule has 0 bridgehead atoms. The Hall–Kier alpha value is -4.79. The van der Waals surface area contributed by atoms with E-state index in [1.165, 1.54) is 6.08 Å². The fourth-order valence-corrected chi connectivity index (χ4v) is 3.49. The molecule has 0 fully saturated rings. The summed E-state index contributed by atoms with van der Waals surface area (Å²) in [6, 6.07) is 18.3. The van der Waals surface area contributed by atoms with Gasteiger partial charge in [-0.1, -0.05) is 18.2 Å². The predicted octanol–water partition coefficient (Wildman–Crippen LogP) is 4.36. The third kappa shape index (κ3) is 5.09. The number of nitrogens with one attached hydrogen (secondary N) is 1. The van der Waals surface area contributed by atoms with Gasteiger partial charge in [0.05, 0.1) is 5.69 Å². The third-order valence-corrected chi connectivity index (χ3v) is 5.14. The van der Waals surface area contributed by atoms with Gasteiger partial charge in [0, 0.05) is 29.6 Å². The summed E-state index contributed by atoms with van der Waals surface area (Å²) >= 11 is 0. The molecule has 0 spiro atoms. The molecule has 9 nitrogen and oxygen atoms in total. The van der Waals surface area contributed by atoms with Gasteiger partial charge in [-0.15, -0.1) is 0 Å². The molecule has 4 aromatic rings. The van der Waals surface area contributed by atoms with Gasteiger partial charge in [0.15, 0.2) is 23.9 Å². The van der Waals surface area contributed by atoms with Gasteiger partial charge in [0.2, 0.25) is 6.79 Å². The smallest absolute Gasteiger partial charge is 0.331 e. The van der Waals surface area contributed by atoms with Gasteiger partial charge in [-0.25, -0.2) is 9.48 Å². The SMILES string of the molecule is Cc1ccc(-c2nn(-c3ccccc3)cc2C=CC(=O)OCC(=O)Nc2ccc3c(c2)OCO3)o1. The molecule has 1 amide bonds. The number of rotatable bonds is 7. The van der Waals surface area contributed by atoms with Gasteiger partial charge in [-0.2, -0.15) is 5.10 Å². The first-order chi connectivity index (χ1) is 17.0. The molecule has 0 saturated carbocycles. The summed E-state index contributed by atoms with van der Waals surface area (Å²) in [4.78, 5) is 24.5. The van der Waals surface area contributed by atoms with Gasteiger partial charge in [0.25, 0.3) is 5.91 Å². The zero-order chi connectivity index (χ0) is 24.2. The Balaban J connectivity index is 1.25. The first-order valence-electron chi connectivity index (χ1n) is 10.8. The number of anilines is 1. The lowest BCUT2D eigenvalue weighted by Gasteiger charge is -2.06. The Morgan fingerprint density at radius 1 is 1.09 bits per heavy atom. The van der Waals surface area contributed by atoms with Crippen molar-refractivity contribution in [3.63, 3.8) is 0 Å². The molecule has 0 atom stereocenters. The van der Waals surface area contributed by atoms with Crippen LogP contribution in [0.1, 0.15) is 11.3 Å². The molecule has 176 valence electrons. The quantitative estimate of drug-likeness (QED) is 0.315. The summed E-state index contributed by atoms with van der Waals surface area (Å²) in [6.07, 6.45) is 4.62. The average molecular weight is 471 g/mol. The molecule has 35 heavy (non-hydrogen) atoms. The molecule has 0 saturated heterocycles. The number of amides is 1. The number of ether oxygens (including phenoxy) is 3. The second-order valence-corrected chi connectivity index (χ2v) is 7.68. The van der Waals surface area contributed by atoms with Crippen molar-refractivity contribution in [2.75, 3.05) is 18.7 Å². The minimum Gasteiger partial charge on any atom is -0.460 e. The fourth-order valence-electron chi connectivity index (χ4n) is 3.49. The molecular formula is C26H21N3O6. The van der Waals surface area contributed by atoms with Crippen LogP contribution in [0.25, 0.3) is 23.2 Å². The van der Waals surface area contributed by atoms with E-state index >= 15 is 0 Å². The van der Waals surface area contributed by atoms with Crippen molar-refractivity contribution in [2.24, 2.45) is 0 Å². The number of aromatic nitrogens is 2. The fraction of sp³-hybridized carbons (Fsp3) is 0.115. The van der Waals surface area contributed by atoms with E-state index in [4.69, 9.17) is 18.6 Å². The third-order valence-electron chi connectivity index (χ3n) is 5.14. The van der Waals surface area contributed by atoms with Crippen molar-refractivity contribution in [3.8, 4) is 28.6 Å². The Kier molecular flexibility index (Phi) is 6.04. The van der Waals surface area contributed by atoms with Gasteiger partial charge < -0.3 is 23.9 Å². The lowest BCUT2D eigenvalue weighted by Crippen LogP contribution is -2.20. The number of furan rings is 1. The van der Waals surface area contributed by atoms with Crippen molar-refractivity contribution in [1.29, 1.82) is 0 Å². The highest BCUT2D eigenvalue weighted by molar-refractivity contribution is 5.95. The summed E-state index contributed by atoms with van der Waals surface area (Å²) in [5.41, 5.74) is 2.61. The number of esters is 1. The highest BCUT2D eigenvalue weighted by atomic mass is 16.7. The molecule has 5 rings (SSSR count). The monoisotopic (exact) mass is 471 g/mol. The van der Waals surface area contributed by atoms with Crippen molar-refractivity contribution in [1.82, 2.24) is 9.78 Å². The van der Waals surface area contributed by atoms with Crippen LogP contribution in [0.15, 0.2) is 77.4 Å². The molecule has 9 heteroatoms. The van der Waals surface area contributed by atoms with Crippen molar-refractivity contribution in [2.45, 2.75) is 6.92 Å². The Labute approximate surface area is 200 Å². The van der Waals surface area contributed by atoms with Crippen molar-refractivity contribution < 1.29 is 28.2 Å². The summed E-state index contributed by atoms with van der Waals surface area (Å²) in [6.45, 7) is 1.55. The Morgan fingerprint density at radius 3 is 2.71 bits per heavy atom. The topological polar surface area (TPSA) is 105 Å². The average Bonchev–Trinajstić information content (AvgIpc) is 3.61. The van der Waals surface area contributed by atoms with E-state index in [1.54, 1.807) is 35.2 Å². The molecule has 2 aromatic heterocycles. The molecule has 1 aliphatic rings. The molecular weight excluding hydrogens is 450 g/mol. The van der Waals surface area contributed by atoms with Crippen LogP contribution in [-0.4, -0.2) is 35.1 Å². The molecule has 0 unspecified atom stereocenters. The molecule has 0 radical (unpaired) electrons. The molecule has 2 aromatic carbocycles. The van der Waals surface area contributed by atoms with Crippen LogP contribution in [0, 0.1) is 6.92 Å². The van der Waals surface area contributed by atoms with E-state index in [1.807, 2.05) is 49.4 Å². The zero-order valence-electron chi connectivity index (χ0n) is 18.8. The maximum Gasteiger partial charge on any atom is 0.331 e. The maximum atomic E-state index is 12.3. The van der Waals surface area contributed by atoms with Crippen LogP contribution in [0.4, 0.5) is 5.69 Å². The summed E-state index contributed by atoms with van der Waals surface area (Å²) in [7, 11) is 0. The Bertz CT molecular complexity index is 1400.